The molecule has 2 aliphatic rings. The molecule has 15 heavy (non-hydrogen) atoms. The Morgan fingerprint density at radius 1 is 1.33 bits per heavy atom. The number of thioether (sulfide) groups is 1. The Morgan fingerprint density at radius 2 is 2.13 bits per heavy atom. The third-order valence-electron chi connectivity index (χ3n) is 4.13. The summed E-state index contributed by atoms with van der Waals surface area (Å²) in [5, 5.41) is 3.86. The SMILES string of the molecule is CC1CCC(C(C)C)C2(C1)NCCCS2. The van der Waals surface area contributed by atoms with Crippen molar-refractivity contribution in [3.05, 3.63) is 0 Å². The molecule has 0 aromatic rings. The molecule has 0 radical (unpaired) electrons. The molecule has 1 aliphatic heterocycles. The molecule has 1 aliphatic carbocycles. The highest BCUT2D eigenvalue weighted by atomic mass is 32.2. The van der Waals surface area contributed by atoms with E-state index in [2.05, 4.69) is 37.8 Å². The molecule has 1 nitrogen and oxygen atoms in total. The van der Waals surface area contributed by atoms with Gasteiger partial charge in [0.25, 0.3) is 0 Å². The predicted molar refractivity (Wildman–Crippen MR) is 69.2 cm³/mol. The molecule has 3 atom stereocenters. The van der Waals surface area contributed by atoms with Crippen LogP contribution >= 0.6 is 11.8 Å². The fraction of sp³-hybridized carbons (Fsp3) is 1.00. The number of rotatable bonds is 1. The number of hydrogen-bond acceptors (Lipinski definition) is 2. The van der Waals surface area contributed by atoms with Gasteiger partial charge in [0.2, 0.25) is 0 Å². The molecule has 88 valence electrons. The zero-order valence-corrected chi connectivity index (χ0v) is 11.2. The minimum absolute atomic E-state index is 0.435. The molecule has 2 heteroatoms. The number of hydrogen-bond donors (Lipinski definition) is 1. The molecule has 1 saturated heterocycles. The van der Waals surface area contributed by atoms with Crippen LogP contribution < -0.4 is 5.32 Å². The highest BCUT2D eigenvalue weighted by Gasteiger charge is 2.45. The van der Waals surface area contributed by atoms with Crippen LogP contribution in [0.25, 0.3) is 0 Å². The van der Waals surface area contributed by atoms with Gasteiger partial charge in [-0.2, -0.15) is 0 Å². The lowest BCUT2D eigenvalue weighted by atomic mass is 9.73. The fourth-order valence-electron chi connectivity index (χ4n) is 3.39. The molecule has 0 aromatic heterocycles. The van der Waals surface area contributed by atoms with E-state index in [9.17, 15) is 0 Å². The summed E-state index contributed by atoms with van der Waals surface area (Å²) < 4.78 is 0. The standard InChI is InChI=1S/C13H25NS/c1-10(2)12-6-5-11(3)9-13(12)14-7-4-8-15-13/h10-12,14H,4-9H2,1-3H3. The Bertz CT molecular complexity index is 209. The van der Waals surface area contributed by atoms with E-state index in [1.165, 1.54) is 38.0 Å². The van der Waals surface area contributed by atoms with Crippen LogP contribution in [0.3, 0.4) is 0 Å². The van der Waals surface area contributed by atoms with Crippen LogP contribution in [-0.2, 0) is 0 Å². The van der Waals surface area contributed by atoms with Gasteiger partial charge in [0.1, 0.15) is 0 Å². The van der Waals surface area contributed by atoms with E-state index >= 15 is 0 Å². The Morgan fingerprint density at radius 3 is 2.73 bits per heavy atom. The van der Waals surface area contributed by atoms with Crippen molar-refractivity contribution < 1.29 is 0 Å². The average Bonchev–Trinajstić information content (AvgIpc) is 2.18. The van der Waals surface area contributed by atoms with E-state index in [1.807, 2.05) is 0 Å². The van der Waals surface area contributed by atoms with Crippen LogP contribution in [0.15, 0.2) is 0 Å². The second kappa shape index (κ2) is 4.67. The number of nitrogens with one attached hydrogen (secondary N) is 1. The van der Waals surface area contributed by atoms with Crippen LogP contribution in [0.1, 0.15) is 46.5 Å². The maximum absolute atomic E-state index is 3.86. The topological polar surface area (TPSA) is 12.0 Å². The summed E-state index contributed by atoms with van der Waals surface area (Å²) >= 11 is 2.22. The van der Waals surface area contributed by atoms with Crippen molar-refractivity contribution in [3.8, 4) is 0 Å². The van der Waals surface area contributed by atoms with Gasteiger partial charge in [0, 0.05) is 0 Å². The highest BCUT2D eigenvalue weighted by molar-refractivity contribution is 8.00. The third kappa shape index (κ3) is 2.36. The van der Waals surface area contributed by atoms with E-state index in [1.54, 1.807) is 0 Å². The molecule has 2 rings (SSSR count). The molecule has 0 aromatic carbocycles. The van der Waals surface area contributed by atoms with Gasteiger partial charge in [-0.3, -0.25) is 0 Å². The maximum atomic E-state index is 3.86. The second-order valence-corrected chi connectivity index (χ2v) is 7.18. The lowest BCUT2D eigenvalue weighted by Gasteiger charge is -2.50. The van der Waals surface area contributed by atoms with Crippen molar-refractivity contribution in [2.75, 3.05) is 12.3 Å². The molecular formula is C13H25NS. The van der Waals surface area contributed by atoms with Crippen molar-refractivity contribution in [1.82, 2.24) is 5.32 Å². The molecular weight excluding hydrogens is 202 g/mol. The quantitative estimate of drug-likeness (QED) is 0.736. The molecule has 0 amide bonds. The van der Waals surface area contributed by atoms with Crippen LogP contribution in [0.2, 0.25) is 0 Å². The largest absolute Gasteiger partial charge is 0.303 e. The van der Waals surface area contributed by atoms with E-state index in [-0.39, 0.29) is 0 Å². The zero-order chi connectivity index (χ0) is 10.9. The predicted octanol–water partition coefficient (Wildman–Crippen LogP) is 3.50. The van der Waals surface area contributed by atoms with Crippen molar-refractivity contribution in [2.45, 2.75) is 51.3 Å². The van der Waals surface area contributed by atoms with Crippen LogP contribution in [-0.4, -0.2) is 17.2 Å². The first-order valence-electron chi connectivity index (χ1n) is 6.53. The van der Waals surface area contributed by atoms with Crippen LogP contribution in [0, 0.1) is 17.8 Å². The van der Waals surface area contributed by atoms with Gasteiger partial charge in [0.15, 0.2) is 0 Å². The first-order valence-corrected chi connectivity index (χ1v) is 7.51. The van der Waals surface area contributed by atoms with Crippen molar-refractivity contribution in [3.63, 3.8) is 0 Å². The fourth-order valence-corrected chi connectivity index (χ4v) is 5.25. The van der Waals surface area contributed by atoms with Crippen molar-refractivity contribution >= 4 is 11.8 Å². The third-order valence-corrected chi connectivity index (χ3v) is 5.75. The summed E-state index contributed by atoms with van der Waals surface area (Å²) in [5.41, 5.74) is 0. The summed E-state index contributed by atoms with van der Waals surface area (Å²) in [6.45, 7) is 8.47. The molecule has 0 bridgehead atoms. The molecule has 1 spiro atoms. The van der Waals surface area contributed by atoms with Crippen LogP contribution in [0.5, 0.6) is 0 Å². The first-order chi connectivity index (χ1) is 7.14. The minimum atomic E-state index is 0.435. The van der Waals surface area contributed by atoms with Gasteiger partial charge >= 0.3 is 0 Å². The van der Waals surface area contributed by atoms with Gasteiger partial charge in [-0.05, 0) is 49.3 Å². The lowest BCUT2D eigenvalue weighted by Crippen LogP contribution is -2.56. The van der Waals surface area contributed by atoms with E-state index < -0.39 is 0 Å². The molecule has 3 unspecified atom stereocenters. The Balaban J connectivity index is 2.14. The van der Waals surface area contributed by atoms with Gasteiger partial charge < -0.3 is 5.32 Å². The smallest absolute Gasteiger partial charge is 0.0678 e. The van der Waals surface area contributed by atoms with Crippen molar-refractivity contribution in [2.24, 2.45) is 17.8 Å². The highest BCUT2D eigenvalue weighted by Crippen LogP contribution is 2.48. The molecule has 1 saturated carbocycles. The Hall–Kier alpha value is 0.310. The normalized spacial score (nSPS) is 42.4. The summed E-state index contributed by atoms with van der Waals surface area (Å²) in [4.78, 5) is 0.435. The summed E-state index contributed by atoms with van der Waals surface area (Å²) in [6, 6.07) is 0. The average molecular weight is 227 g/mol. The van der Waals surface area contributed by atoms with Gasteiger partial charge in [-0.1, -0.05) is 27.2 Å². The van der Waals surface area contributed by atoms with Crippen molar-refractivity contribution in [1.29, 1.82) is 0 Å². The molecule has 1 heterocycles. The molecule has 1 N–H and O–H groups in total. The molecule has 2 fully saturated rings. The van der Waals surface area contributed by atoms with E-state index in [0.29, 0.717) is 4.87 Å². The minimum Gasteiger partial charge on any atom is -0.303 e. The Kier molecular flexibility index (Phi) is 3.67. The zero-order valence-electron chi connectivity index (χ0n) is 10.4. The van der Waals surface area contributed by atoms with Gasteiger partial charge in [-0.25, -0.2) is 0 Å². The van der Waals surface area contributed by atoms with E-state index in [0.717, 1.165) is 17.8 Å². The monoisotopic (exact) mass is 227 g/mol. The van der Waals surface area contributed by atoms with Gasteiger partial charge in [-0.15, -0.1) is 11.8 Å². The second-order valence-electron chi connectivity index (χ2n) is 5.76. The van der Waals surface area contributed by atoms with Gasteiger partial charge in [0.05, 0.1) is 4.87 Å². The summed E-state index contributed by atoms with van der Waals surface area (Å²) in [7, 11) is 0. The lowest BCUT2D eigenvalue weighted by molar-refractivity contribution is 0.143. The first kappa shape index (κ1) is 11.8. The summed E-state index contributed by atoms with van der Waals surface area (Å²) in [6.07, 6.45) is 5.61. The Labute approximate surface area is 98.8 Å². The van der Waals surface area contributed by atoms with E-state index in [4.69, 9.17) is 0 Å². The van der Waals surface area contributed by atoms with Crippen LogP contribution in [0.4, 0.5) is 0 Å². The maximum Gasteiger partial charge on any atom is 0.0678 e. The summed E-state index contributed by atoms with van der Waals surface area (Å²) in [5.74, 6) is 4.00.